The van der Waals surface area contributed by atoms with E-state index in [9.17, 15) is 5.11 Å². The number of hydrogen-bond donors (Lipinski definition) is 1. The summed E-state index contributed by atoms with van der Waals surface area (Å²) in [6.45, 7) is 21.6. The van der Waals surface area contributed by atoms with Gasteiger partial charge in [-0.15, -0.1) is 0 Å². The van der Waals surface area contributed by atoms with Crippen LogP contribution < -0.4 is 0 Å². The maximum Gasteiger partial charge on any atom is 0.187 e. The number of unbranched alkanes of at least 4 members (excludes halogenated alkanes) is 2. The van der Waals surface area contributed by atoms with Gasteiger partial charge in [-0.1, -0.05) is 71.6 Å². The van der Waals surface area contributed by atoms with Crippen LogP contribution in [0.15, 0.2) is 34.9 Å². The molecule has 6 atom stereocenters. The lowest BCUT2D eigenvalue weighted by Gasteiger charge is -2.42. The molecule has 1 saturated carbocycles. The Bertz CT molecular complexity index is 889. The molecule has 0 amide bonds. The highest BCUT2D eigenvalue weighted by Gasteiger charge is 2.49. The minimum absolute atomic E-state index is 0.185. The van der Waals surface area contributed by atoms with Crippen LogP contribution in [0.3, 0.4) is 0 Å². The second kappa shape index (κ2) is 14.1. The molecular formula is C34H62O3Si2. The summed E-state index contributed by atoms with van der Waals surface area (Å²) in [5.41, 5.74) is 4.73. The topological polar surface area (TPSA) is 38.7 Å². The summed E-state index contributed by atoms with van der Waals surface area (Å²) in [5.74, 6) is 1.63. The van der Waals surface area contributed by atoms with Crippen LogP contribution in [0.1, 0.15) is 98.8 Å². The van der Waals surface area contributed by atoms with Gasteiger partial charge in [0.2, 0.25) is 0 Å². The fourth-order valence-electron chi connectivity index (χ4n) is 8.00. The van der Waals surface area contributed by atoms with Crippen LogP contribution >= 0.6 is 0 Å². The highest BCUT2D eigenvalue weighted by molar-refractivity contribution is 6.71. The van der Waals surface area contributed by atoms with E-state index in [4.69, 9.17) is 8.85 Å². The first-order valence-electron chi connectivity index (χ1n) is 16.4. The molecule has 0 bridgehead atoms. The third kappa shape index (κ3) is 8.53. The monoisotopic (exact) mass is 574 g/mol. The molecule has 39 heavy (non-hydrogen) atoms. The lowest BCUT2D eigenvalue weighted by molar-refractivity contribution is 0.0793. The van der Waals surface area contributed by atoms with E-state index in [0.29, 0.717) is 29.8 Å². The van der Waals surface area contributed by atoms with E-state index in [1.807, 2.05) is 0 Å². The highest BCUT2D eigenvalue weighted by Crippen LogP contribution is 2.58. The first kappa shape index (κ1) is 33.0. The number of aliphatic hydroxyl groups excluding tert-OH is 1. The Balaban J connectivity index is 1.84. The fraction of sp³-hybridized carbons (Fsp3) is 0.824. The summed E-state index contributed by atoms with van der Waals surface area (Å²) in [4.78, 5) is 0. The van der Waals surface area contributed by atoms with Gasteiger partial charge in [0.25, 0.3) is 0 Å². The van der Waals surface area contributed by atoms with Crippen molar-refractivity contribution in [1.29, 1.82) is 0 Å². The molecule has 3 aliphatic carbocycles. The van der Waals surface area contributed by atoms with E-state index >= 15 is 0 Å². The van der Waals surface area contributed by atoms with Crippen molar-refractivity contribution in [3.63, 3.8) is 0 Å². The molecule has 1 fully saturated rings. The molecule has 1 unspecified atom stereocenters. The van der Waals surface area contributed by atoms with E-state index in [2.05, 4.69) is 79.0 Å². The van der Waals surface area contributed by atoms with Gasteiger partial charge in [-0.3, -0.25) is 0 Å². The van der Waals surface area contributed by atoms with Crippen LogP contribution in [-0.2, 0) is 8.85 Å². The van der Waals surface area contributed by atoms with Crippen molar-refractivity contribution < 1.29 is 14.0 Å². The van der Waals surface area contributed by atoms with Gasteiger partial charge in [0.1, 0.15) is 0 Å². The van der Waals surface area contributed by atoms with Gasteiger partial charge >= 0.3 is 0 Å². The Morgan fingerprint density at radius 2 is 1.67 bits per heavy atom. The predicted octanol–water partition coefficient (Wildman–Crippen LogP) is 9.81. The molecule has 0 aliphatic heterocycles. The summed E-state index contributed by atoms with van der Waals surface area (Å²) in [6, 6.07) is 2.48. The van der Waals surface area contributed by atoms with Gasteiger partial charge in [0, 0.05) is 13.0 Å². The summed E-state index contributed by atoms with van der Waals surface area (Å²) in [5, 5.41) is 9.92. The first-order chi connectivity index (χ1) is 18.4. The molecular weight excluding hydrogens is 513 g/mol. The average Bonchev–Trinajstić information content (AvgIpc) is 3.24. The smallest absolute Gasteiger partial charge is 0.187 e. The second-order valence-corrected chi connectivity index (χ2v) is 23.2. The van der Waals surface area contributed by atoms with Crippen molar-refractivity contribution in [2.24, 2.45) is 23.2 Å². The van der Waals surface area contributed by atoms with E-state index < -0.39 is 16.6 Å². The zero-order valence-electron chi connectivity index (χ0n) is 27.1. The Morgan fingerprint density at radius 1 is 1.03 bits per heavy atom. The van der Waals surface area contributed by atoms with Crippen LogP contribution in [-0.4, -0.2) is 40.6 Å². The van der Waals surface area contributed by atoms with Gasteiger partial charge in [-0.05, 0) is 117 Å². The Morgan fingerprint density at radius 3 is 2.28 bits per heavy atom. The largest absolute Gasteiger partial charge is 0.414 e. The Labute approximate surface area is 244 Å². The molecule has 3 nitrogen and oxygen atoms in total. The number of allylic oxidation sites excluding steroid dienone is 4. The minimum Gasteiger partial charge on any atom is -0.414 e. The van der Waals surface area contributed by atoms with Crippen LogP contribution in [0.4, 0.5) is 0 Å². The molecule has 3 aliphatic rings. The lowest BCUT2D eigenvalue weighted by Crippen LogP contribution is -2.43. The van der Waals surface area contributed by atoms with Crippen LogP contribution in [0.2, 0.25) is 38.3 Å². The molecule has 0 radical (unpaired) electrons. The second-order valence-electron chi connectivity index (χ2n) is 14.7. The lowest BCUT2D eigenvalue weighted by atomic mass is 9.62. The zero-order valence-corrected chi connectivity index (χ0v) is 29.1. The van der Waals surface area contributed by atoms with Gasteiger partial charge in [-0.2, -0.15) is 0 Å². The standard InChI is InChI=1S/C34H62O3Si2/c1-10-12-21-38(6,7)36-30-23-29(27(4)33(24-30)37-39(8,9)22-13-11-2)17-16-28-15-14-20-34(5)31(26(3)25-35)18-19-32(28)34/h15-17,26,30-33,35H,10-14,18-25H2,1-9H3/t26-,30-,31-,32?,33+,34-/m1/s1. The van der Waals surface area contributed by atoms with Gasteiger partial charge in [0.15, 0.2) is 16.6 Å². The summed E-state index contributed by atoms with van der Waals surface area (Å²) < 4.78 is 14.0. The third-order valence-electron chi connectivity index (χ3n) is 10.5. The van der Waals surface area contributed by atoms with E-state index in [-0.39, 0.29) is 12.2 Å². The number of fused-ring (bicyclic) bond motifs is 1. The van der Waals surface area contributed by atoms with Crippen LogP contribution in [0.25, 0.3) is 0 Å². The van der Waals surface area contributed by atoms with Crippen LogP contribution in [0.5, 0.6) is 0 Å². The third-order valence-corrected chi connectivity index (χ3v) is 15.5. The summed E-state index contributed by atoms with van der Waals surface area (Å²) in [7, 11) is -3.43. The van der Waals surface area contributed by atoms with Crippen molar-refractivity contribution >= 4 is 16.6 Å². The molecule has 5 heteroatoms. The summed E-state index contributed by atoms with van der Waals surface area (Å²) in [6.07, 6.45) is 19.8. The van der Waals surface area contributed by atoms with Crippen molar-refractivity contribution in [3.05, 3.63) is 34.9 Å². The molecule has 3 rings (SSSR count). The van der Waals surface area contributed by atoms with Gasteiger partial charge in [-0.25, -0.2) is 0 Å². The number of aliphatic hydroxyl groups is 1. The quantitative estimate of drug-likeness (QED) is 0.210. The normalized spacial score (nSPS) is 31.1. The number of hydrogen-bond acceptors (Lipinski definition) is 3. The van der Waals surface area contributed by atoms with Crippen molar-refractivity contribution in [2.45, 2.75) is 149 Å². The molecule has 1 N–H and O–H groups in total. The molecule has 0 aromatic rings. The van der Waals surface area contributed by atoms with Gasteiger partial charge in [0.05, 0.1) is 12.2 Å². The van der Waals surface area contributed by atoms with E-state index in [0.717, 1.165) is 19.3 Å². The molecule has 0 heterocycles. The molecule has 0 aromatic heterocycles. The maximum absolute atomic E-state index is 9.92. The molecule has 0 spiro atoms. The van der Waals surface area contributed by atoms with Gasteiger partial charge < -0.3 is 14.0 Å². The van der Waals surface area contributed by atoms with E-state index in [1.54, 1.807) is 0 Å². The molecule has 0 saturated heterocycles. The molecule has 224 valence electrons. The Kier molecular flexibility index (Phi) is 12.0. The average molecular weight is 575 g/mol. The highest BCUT2D eigenvalue weighted by atomic mass is 28.4. The SMILES string of the molecule is CCCC[Si](C)(C)O[C@@H]1CC(C=CC2=CCC[C@@]3(C)C2CC[C@@H]3[C@H](C)CO)=C(C)[C@@H](O[Si](C)(C)CCCC)C1. The number of rotatable bonds is 14. The van der Waals surface area contributed by atoms with Crippen LogP contribution in [0, 0.1) is 23.2 Å². The maximum atomic E-state index is 9.92. The Hall–Kier alpha value is -0.466. The summed E-state index contributed by atoms with van der Waals surface area (Å²) >= 11 is 0. The van der Waals surface area contributed by atoms with Crippen molar-refractivity contribution in [3.8, 4) is 0 Å². The van der Waals surface area contributed by atoms with Crippen molar-refractivity contribution in [1.82, 2.24) is 0 Å². The fourth-order valence-corrected chi connectivity index (χ4v) is 12.8. The zero-order chi connectivity index (χ0) is 28.8. The van der Waals surface area contributed by atoms with E-state index in [1.165, 1.54) is 73.8 Å². The predicted molar refractivity (Wildman–Crippen MR) is 173 cm³/mol. The van der Waals surface area contributed by atoms with Crippen molar-refractivity contribution in [2.75, 3.05) is 6.61 Å². The minimum atomic E-state index is -1.73. The molecule has 0 aromatic carbocycles. The first-order valence-corrected chi connectivity index (χ1v) is 22.6.